The third-order valence-corrected chi connectivity index (χ3v) is 2.13. The minimum Gasteiger partial charge on any atom is -0.468 e. The highest BCUT2D eigenvalue weighted by Crippen LogP contribution is 1.91. The van der Waals surface area contributed by atoms with Crippen LogP contribution in [0.25, 0.3) is 0 Å². The van der Waals surface area contributed by atoms with Crippen molar-refractivity contribution < 1.29 is 19.0 Å². The van der Waals surface area contributed by atoms with E-state index in [2.05, 4.69) is 17.0 Å². The molecule has 0 aromatic heterocycles. The van der Waals surface area contributed by atoms with Gasteiger partial charge in [0.2, 0.25) is 0 Å². The SMILES string of the molecule is CCCCOCCOCC(NC)C(=O)OC. The second-order valence-corrected chi connectivity index (χ2v) is 3.41. The molecule has 0 saturated carbocycles. The summed E-state index contributed by atoms with van der Waals surface area (Å²) in [7, 11) is 3.06. The maximum absolute atomic E-state index is 11.2. The zero-order chi connectivity index (χ0) is 12.2. The Hall–Kier alpha value is -0.650. The fraction of sp³-hybridized carbons (Fsp3) is 0.909. The lowest BCUT2D eigenvalue weighted by Gasteiger charge is -2.13. The molecule has 1 N–H and O–H groups in total. The zero-order valence-electron chi connectivity index (χ0n) is 10.5. The van der Waals surface area contributed by atoms with E-state index in [9.17, 15) is 4.79 Å². The monoisotopic (exact) mass is 233 g/mol. The maximum Gasteiger partial charge on any atom is 0.325 e. The molecule has 0 aromatic rings. The fourth-order valence-corrected chi connectivity index (χ4v) is 1.08. The number of esters is 1. The lowest BCUT2D eigenvalue weighted by atomic mass is 10.3. The summed E-state index contributed by atoms with van der Waals surface area (Å²) in [6, 6.07) is -0.402. The topological polar surface area (TPSA) is 56.8 Å². The first-order chi connectivity index (χ1) is 7.76. The van der Waals surface area contributed by atoms with Gasteiger partial charge in [0.15, 0.2) is 0 Å². The second-order valence-electron chi connectivity index (χ2n) is 3.41. The minimum absolute atomic E-state index is 0.306. The van der Waals surface area contributed by atoms with Crippen molar-refractivity contribution in [3.8, 4) is 0 Å². The van der Waals surface area contributed by atoms with E-state index in [0.29, 0.717) is 19.8 Å². The highest BCUT2D eigenvalue weighted by molar-refractivity contribution is 5.75. The minimum atomic E-state index is -0.402. The summed E-state index contributed by atoms with van der Waals surface area (Å²) in [6.07, 6.45) is 2.20. The number of hydrogen-bond donors (Lipinski definition) is 1. The van der Waals surface area contributed by atoms with E-state index in [1.165, 1.54) is 7.11 Å². The van der Waals surface area contributed by atoms with Gasteiger partial charge in [-0.15, -0.1) is 0 Å². The number of ether oxygens (including phenoxy) is 3. The van der Waals surface area contributed by atoms with E-state index in [4.69, 9.17) is 9.47 Å². The van der Waals surface area contributed by atoms with E-state index in [0.717, 1.165) is 19.4 Å². The first-order valence-corrected chi connectivity index (χ1v) is 5.66. The summed E-state index contributed by atoms with van der Waals surface area (Å²) in [5.41, 5.74) is 0. The van der Waals surface area contributed by atoms with E-state index < -0.39 is 6.04 Å². The van der Waals surface area contributed by atoms with Crippen molar-refractivity contribution in [3.63, 3.8) is 0 Å². The highest BCUT2D eigenvalue weighted by Gasteiger charge is 2.16. The van der Waals surface area contributed by atoms with Crippen LogP contribution in [-0.4, -0.2) is 52.6 Å². The van der Waals surface area contributed by atoms with Gasteiger partial charge in [-0.1, -0.05) is 13.3 Å². The van der Waals surface area contributed by atoms with Crippen LogP contribution in [-0.2, 0) is 19.0 Å². The normalized spacial score (nSPS) is 12.4. The quantitative estimate of drug-likeness (QED) is 0.442. The van der Waals surface area contributed by atoms with Crippen molar-refractivity contribution in [2.75, 3.05) is 40.6 Å². The van der Waals surface area contributed by atoms with E-state index in [1.54, 1.807) is 7.05 Å². The van der Waals surface area contributed by atoms with Crippen molar-refractivity contribution in [2.45, 2.75) is 25.8 Å². The smallest absolute Gasteiger partial charge is 0.325 e. The van der Waals surface area contributed by atoms with Crippen LogP contribution in [0.1, 0.15) is 19.8 Å². The molecule has 0 amide bonds. The molecule has 0 aliphatic carbocycles. The van der Waals surface area contributed by atoms with Gasteiger partial charge in [0.25, 0.3) is 0 Å². The zero-order valence-corrected chi connectivity index (χ0v) is 10.5. The van der Waals surface area contributed by atoms with Crippen molar-refractivity contribution in [3.05, 3.63) is 0 Å². The largest absolute Gasteiger partial charge is 0.468 e. The van der Waals surface area contributed by atoms with Crippen LogP contribution in [0.15, 0.2) is 0 Å². The molecule has 0 aliphatic rings. The molecular weight excluding hydrogens is 210 g/mol. The lowest BCUT2D eigenvalue weighted by Crippen LogP contribution is -2.39. The fourth-order valence-electron chi connectivity index (χ4n) is 1.08. The Labute approximate surface area is 97.4 Å². The van der Waals surface area contributed by atoms with Gasteiger partial charge in [0.1, 0.15) is 6.04 Å². The van der Waals surface area contributed by atoms with E-state index >= 15 is 0 Å². The Balaban J connectivity index is 3.38. The van der Waals surface area contributed by atoms with Crippen LogP contribution in [0.2, 0.25) is 0 Å². The number of likely N-dealkylation sites (N-methyl/N-ethyl adjacent to an activating group) is 1. The van der Waals surface area contributed by atoms with Crippen LogP contribution >= 0.6 is 0 Å². The molecule has 5 heteroatoms. The van der Waals surface area contributed by atoms with Gasteiger partial charge >= 0.3 is 5.97 Å². The number of unbranched alkanes of at least 4 members (excludes halogenated alkanes) is 1. The molecule has 0 spiro atoms. The van der Waals surface area contributed by atoms with Crippen LogP contribution in [0.5, 0.6) is 0 Å². The number of carbonyl (C=O) groups is 1. The predicted octanol–water partition coefficient (Wildman–Crippen LogP) is 0.581. The molecule has 96 valence electrons. The standard InChI is InChI=1S/C11H23NO4/c1-4-5-6-15-7-8-16-9-10(12-2)11(13)14-3/h10,12H,4-9H2,1-3H3. The molecule has 0 aliphatic heterocycles. The predicted molar refractivity (Wildman–Crippen MR) is 61.4 cm³/mol. The maximum atomic E-state index is 11.2. The van der Waals surface area contributed by atoms with Crippen molar-refractivity contribution in [1.82, 2.24) is 5.32 Å². The molecule has 0 rings (SSSR count). The van der Waals surface area contributed by atoms with Gasteiger partial charge in [-0.25, -0.2) is 0 Å². The summed E-state index contributed by atoms with van der Waals surface area (Å²) >= 11 is 0. The summed E-state index contributed by atoms with van der Waals surface area (Å²) < 4.78 is 15.2. The van der Waals surface area contributed by atoms with Crippen molar-refractivity contribution in [2.24, 2.45) is 0 Å². The Morgan fingerprint density at radius 1 is 1.25 bits per heavy atom. The number of methoxy groups -OCH3 is 1. The molecule has 0 bridgehead atoms. The third kappa shape index (κ3) is 7.62. The van der Waals surface area contributed by atoms with Crippen LogP contribution in [0.3, 0.4) is 0 Å². The highest BCUT2D eigenvalue weighted by atomic mass is 16.5. The van der Waals surface area contributed by atoms with E-state index in [-0.39, 0.29) is 5.97 Å². The summed E-state index contributed by atoms with van der Waals surface area (Å²) in [5.74, 6) is -0.311. The van der Waals surface area contributed by atoms with Crippen molar-refractivity contribution >= 4 is 5.97 Å². The molecule has 0 aromatic carbocycles. The molecule has 0 heterocycles. The number of nitrogens with one attached hydrogen (secondary N) is 1. The first-order valence-electron chi connectivity index (χ1n) is 5.66. The Morgan fingerprint density at radius 3 is 2.50 bits per heavy atom. The molecule has 16 heavy (non-hydrogen) atoms. The lowest BCUT2D eigenvalue weighted by molar-refractivity contribution is -0.144. The molecule has 1 unspecified atom stereocenters. The molecule has 0 saturated heterocycles. The van der Waals surface area contributed by atoms with Crippen molar-refractivity contribution in [1.29, 1.82) is 0 Å². The van der Waals surface area contributed by atoms with E-state index in [1.807, 2.05) is 0 Å². The summed E-state index contributed by atoms with van der Waals surface area (Å²) in [4.78, 5) is 11.2. The van der Waals surface area contributed by atoms with Crippen LogP contribution in [0, 0.1) is 0 Å². The first kappa shape index (κ1) is 15.3. The van der Waals surface area contributed by atoms with Gasteiger partial charge in [-0.2, -0.15) is 0 Å². The van der Waals surface area contributed by atoms with Gasteiger partial charge in [0, 0.05) is 6.61 Å². The van der Waals surface area contributed by atoms with Gasteiger partial charge in [-0.05, 0) is 13.5 Å². The molecule has 5 nitrogen and oxygen atoms in total. The van der Waals surface area contributed by atoms with Gasteiger partial charge in [0.05, 0.1) is 26.9 Å². The molecule has 0 radical (unpaired) electrons. The Morgan fingerprint density at radius 2 is 1.94 bits per heavy atom. The molecule has 0 fully saturated rings. The second kappa shape index (κ2) is 10.9. The molecular formula is C11H23NO4. The Bertz CT molecular complexity index is 175. The number of hydrogen-bond acceptors (Lipinski definition) is 5. The van der Waals surface area contributed by atoms with Crippen LogP contribution < -0.4 is 5.32 Å². The number of carbonyl (C=O) groups excluding carboxylic acids is 1. The molecule has 1 atom stereocenters. The third-order valence-electron chi connectivity index (χ3n) is 2.13. The van der Waals surface area contributed by atoms with Crippen LogP contribution in [0.4, 0.5) is 0 Å². The number of rotatable bonds is 10. The average Bonchev–Trinajstić information content (AvgIpc) is 2.32. The Kier molecular flexibility index (Phi) is 10.4. The van der Waals surface area contributed by atoms with Gasteiger partial charge < -0.3 is 19.5 Å². The van der Waals surface area contributed by atoms with Gasteiger partial charge in [-0.3, -0.25) is 4.79 Å². The summed E-state index contributed by atoms with van der Waals surface area (Å²) in [5, 5.41) is 2.82. The summed E-state index contributed by atoms with van der Waals surface area (Å²) in [6.45, 7) is 4.26. The average molecular weight is 233 g/mol.